The molecular weight excluding hydrogens is 238 g/mol. The Balaban J connectivity index is 1.97. The highest BCUT2D eigenvalue weighted by atomic mass is 16.5. The third-order valence-electron chi connectivity index (χ3n) is 3.85. The molecule has 0 spiro atoms. The average molecular weight is 261 g/mol. The van der Waals surface area contributed by atoms with Gasteiger partial charge in [-0.1, -0.05) is 6.07 Å². The van der Waals surface area contributed by atoms with Crippen molar-refractivity contribution in [3.63, 3.8) is 0 Å². The Morgan fingerprint density at radius 3 is 2.68 bits per heavy atom. The van der Waals surface area contributed by atoms with Gasteiger partial charge in [-0.25, -0.2) is 0 Å². The molecule has 3 heteroatoms. The molecule has 0 aliphatic carbocycles. The van der Waals surface area contributed by atoms with Crippen molar-refractivity contribution >= 4 is 5.78 Å². The predicted molar refractivity (Wildman–Crippen MR) is 74.9 cm³/mol. The zero-order valence-electron chi connectivity index (χ0n) is 12.3. The zero-order valence-corrected chi connectivity index (χ0v) is 12.3. The number of carbonyl (C=O) groups excluding carboxylic acids is 1. The fourth-order valence-electron chi connectivity index (χ4n) is 3.05. The van der Waals surface area contributed by atoms with Gasteiger partial charge in [0.2, 0.25) is 0 Å². The van der Waals surface area contributed by atoms with Crippen LogP contribution >= 0.6 is 0 Å². The zero-order chi connectivity index (χ0) is 14.1. The number of ether oxygens (including phenoxy) is 1. The van der Waals surface area contributed by atoms with Gasteiger partial charge in [-0.15, -0.1) is 0 Å². The lowest BCUT2D eigenvalue weighted by Gasteiger charge is -2.26. The van der Waals surface area contributed by atoms with Gasteiger partial charge in [0, 0.05) is 24.7 Å². The Bertz CT molecular complexity index is 451. The Labute approximate surface area is 115 Å². The molecule has 2 rings (SSSR count). The summed E-state index contributed by atoms with van der Waals surface area (Å²) in [5.74, 6) is 0.304. The van der Waals surface area contributed by atoms with Crippen LogP contribution in [0.2, 0.25) is 0 Å². The van der Waals surface area contributed by atoms with Crippen molar-refractivity contribution in [2.75, 3.05) is 0 Å². The van der Waals surface area contributed by atoms with Gasteiger partial charge in [0.15, 0.2) is 0 Å². The van der Waals surface area contributed by atoms with Crippen LogP contribution in [-0.4, -0.2) is 22.0 Å². The molecule has 0 bridgehead atoms. The molecule has 0 saturated carbocycles. The summed E-state index contributed by atoms with van der Waals surface area (Å²) in [5.41, 5.74) is 0.569. The van der Waals surface area contributed by atoms with Gasteiger partial charge < -0.3 is 4.74 Å². The van der Waals surface area contributed by atoms with Crippen molar-refractivity contribution < 1.29 is 9.53 Å². The monoisotopic (exact) mass is 261 g/mol. The Morgan fingerprint density at radius 1 is 1.42 bits per heavy atom. The van der Waals surface area contributed by atoms with Crippen molar-refractivity contribution in [2.24, 2.45) is 5.92 Å². The lowest BCUT2D eigenvalue weighted by atomic mass is 9.82. The van der Waals surface area contributed by atoms with E-state index >= 15 is 0 Å². The van der Waals surface area contributed by atoms with Crippen molar-refractivity contribution in [3.05, 3.63) is 30.1 Å². The number of pyridine rings is 1. The average Bonchev–Trinajstić information content (AvgIpc) is 2.56. The molecule has 104 valence electrons. The van der Waals surface area contributed by atoms with E-state index in [1.54, 1.807) is 6.20 Å². The molecule has 3 nitrogen and oxygen atoms in total. The molecule has 1 fully saturated rings. The molecule has 1 saturated heterocycles. The summed E-state index contributed by atoms with van der Waals surface area (Å²) in [4.78, 5) is 16.5. The van der Waals surface area contributed by atoms with Gasteiger partial charge in [-0.05, 0) is 52.2 Å². The second-order valence-electron chi connectivity index (χ2n) is 6.55. The SMILES string of the molecule is CC1(C)CC(C(=O)CCc2cccnc2)C(C)(C)O1. The van der Waals surface area contributed by atoms with Gasteiger partial charge >= 0.3 is 0 Å². The van der Waals surface area contributed by atoms with E-state index in [-0.39, 0.29) is 17.1 Å². The lowest BCUT2D eigenvalue weighted by molar-refractivity contribution is -0.129. The Morgan fingerprint density at radius 2 is 2.16 bits per heavy atom. The number of ketones is 1. The normalized spacial score (nSPS) is 24.3. The number of nitrogens with zero attached hydrogens (tertiary/aromatic N) is 1. The molecule has 0 aromatic carbocycles. The summed E-state index contributed by atoms with van der Waals surface area (Å²) in [7, 11) is 0. The van der Waals surface area contributed by atoms with E-state index in [1.807, 2.05) is 32.2 Å². The molecule has 1 aromatic rings. The molecule has 1 unspecified atom stereocenters. The summed E-state index contributed by atoms with van der Waals surface area (Å²) in [6.07, 6.45) is 5.72. The van der Waals surface area contributed by atoms with Crippen LogP contribution in [0.4, 0.5) is 0 Å². The maximum atomic E-state index is 12.4. The molecular formula is C16H23NO2. The van der Waals surface area contributed by atoms with Crippen molar-refractivity contribution in [3.8, 4) is 0 Å². The first-order valence-corrected chi connectivity index (χ1v) is 6.92. The fourth-order valence-corrected chi connectivity index (χ4v) is 3.05. The number of rotatable bonds is 4. The minimum Gasteiger partial charge on any atom is -0.369 e. The first-order chi connectivity index (χ1) is 8.80. The maximum absolute atomic E-state index is 12.4. The maximum Gasteiger partial charge on any atom is 0.139 e. The van der Waals surface area contributed by atoms with Crippen molar-refractivity contribution in [2.45, 2.75) is 58.2 Å². The quantitative estimate of drug-likeness (QED) is 0.835. The molecule has 1 aliphatic rings. The molecule has 1 aliphatic heterocycles. The van der Waals surface area contributed by atoms with Gasteiger partial charge in [-0.3, -0.25) is 9.78 Å². The summed E-state index contributed by atoms with van der Waals surface area (Å²) in [5, 5.41) is 0. The second kappa shape index (κ2) is 5.04. The van der Waals surface area contributed by atoms with Crippen LogP contribution < -0.4 is 0 Å². The summed E-state index contributed by atoms with van der Waals surface area (Å²) < 4.78 is 5.99. The number of hydrogen-bond acceptors (Lipinski definition) is 3. The van der Waals surface area contributed by atoms with Crippen LogP contribution in [0, 0.1) is 5.92 Å². The minimum absolute atomic E-state index is 0.000767. The lowest BCUT2D eigenvalue weighted by Crippen LogP contribution is -2.33. The number of carbonyl (C=O) groups is 1. The highest BCUT2D eigenvalue weighted by Gasteiger charge is 2.48. The highest BCUT2D eigenvalue weighted by molar-refractivity contribution is 5.82. The van der Waals surface area contributed by atoms with Crippen LogP contribution in [0.5, 0.6) is 0 Å². The van der Waals surface area contributed by atoms with E-state index in [0.717, 1.165) is 18.4 Å². The third-order valence-corrected chi connectivity index (χ3v) is 3.85. The van der Waals surface area contributed by atoms with Gasteiger partial charge in [-0.2, -0.15) is 0 Å². The van der Waals surface area contributed by atoms with Crippen LogP contribution in [0.15, 0.2) is 24.5 Å². The van der Waals surface area contributed by atoms with Gasteiger partial charge in [0.1, 0.15) is 5.78 Å². The molecule has 1 aromatic heterocycles. The van der Waals surface area contributed by atoms with Crippen LogP contribution in [0.25, 0.3) is 0 Å². The van der Waals surface area contributed by atoms with E-state index in [1.165, 1.54) is 0 Å². The Kier molecular flexibility index (Phi) is 3.77. The number of aromatic nitrogens is 1. The Hall–Kier alpha value is -1.22. The minimum atomic E-state index is -0.352. The van der Waals surface area contributed by atoms with E-state index < -0.39 is 0 Å². The van der Waals surface area contributed by atoms with Crippen LogP contribution in [0.1, 0.15) is 46.1 Å². The molecule has 1 atom stereocenters. The van der Waals surface area contributed by atoms with Crippen LogP contribution in [-0.2, 0) is 16.0 Å². The molecule has 0 amide bonds. The molecule has 2 heterocycles. The second-order valence-corrected chi connectivity index (χ2v) is 6.55. The van der Waals surface area contributed by atoms with E-state index in [2.05, 4.69) is 18.8 Å². The smallest absolute Gasteiger partial charge is 0.139 e. The summed E-state index contributed by atoms with van der Waals surface area (Å²) in [6, 6.07) is 3.92. The fraction of sp³-hybridized carbons (Fsp3) is 0.625. The van der Waals surface area contributed by atoms with E-state index in [4.69, 9.17) is 4.74 Å². The van der Waals surface area contributed by atoms with Crippen molar-refractivity contribution in [1.29, 1.82) is 0 Å². The topological polar surface area (TPSA) is 39.2 Å². The molecule has 19 heavy (non-hydrogen) atoms. The number of Topliss-reactive ketones (excluding diaryl/α,β-unsaturated/α-hetero) is 1. The first kappa shape index (κ1) is 14.2. The molecule has 0 N–H and O–H groups in total. The van der Waals surface area contributed by atoms with Crippen LogP contribution in [0.3, 0.4) is 0 Å². The summed E-state index contributed by atoms with van der Waals surface area (Å²) >= 11 is 0. The molecule has 0 radical (unpaired) electrons. The first-order valence-electron chi connectivity index (χ1n) is 6.92. The third kappa shape index (κ3) is 3.41. The van der Waals surface area contributed by atoms with Gasteiger partial charge in [0.05, 0.1) is 11.2 Å². The number of hydrogen-bond donors (Lipinski definition) is 0. The highest BCUT2D eigenvalue weighted by Crippen LogP contribution is 2.42. The number of aryl methyl sites for hydroxylation is 1. The predicted octanol–water partition coefficient (Wildman–Crippen LogP) is 3.18. The van der Waals surface area contributed by atoms with Gasteiger partial charge in [0.25, 0.3) is 0 Å². The van der Waals surface area contributed by atoms with E-state index in [9.17, 15) is 4.79 Å². The standard InChI is InChI=1S/C16H23NO2/c1-15(2)10-13(16(3,4)19-15)14(18)8-7-12-6-5-9-17-11-12/h5-6,9,11,13H,7-8,10H2,1-4H3. The largest absolute Gasteiger partial charge is 0.369 e. The van der Waals surface area contributed by atoms with E-state index in [0.29, 0.717) is 12.2 Å². The van der Waals surface area contributed by atoms with Crippen molar-refractivity contribution in [1.82, 2.24) is 4.98 Å². The summed E-state index contributed by atoms with van der Waals surface area (Å²) in [6.45, 7) is 8.16.